The standard InChI is InChI=1S/C21H22Si/c1-18-12-14-19(15-13-18)16-17-22(20-8-4-2-5-9-20)21-10-6-3-7-11-21/h2-15,22H,16-17H2,1H3. The van der Waals surface area contributed by atoms with E-state index >= 15 is 0 Å². The predicted molar refractivity (Wildman–Crippen MR) is 99.0 cm³/mol. The van der Waals surface area contributed by atoms with Crippen molar-refractivity contribution in [2.45, 2.75) is 19.4 Å². The van der Waals surface area contributed by atoms with Crippen LogP contribution in [0.3, 0.4) is 0 Å². The minimum atomic E-state index is -1.13. The van der Waals surface area contributed by atoms with E-state index < -0.39 is 8.80 Å². The molecule has 0 unspecified atom stereocenters. The second kappa shape index (κ2) is 7.23. The molecule has 3 aromatic rings. The summed E-state index contributed by atoms with van der Waals surface area (Å²) in [4.78, 5) is 0. The van der Waals surface area contributed by atoms with Crippen LogP contribution in [0, 0.1) is 6.92 Å². The lowest BCUT2D eigenvalue weighted by atomic mass is 10.1. The van der Waals surface area contributed by atoms with Gasteiger partial charge in [-0.25, -0.2) is 0 Å². The first-order valence-electron chi connectivity index (χ1n) is 7.98. The van der Waals surface area contributed by atoms with Gasteiger partial charge in [0, 0.05) is 0 Å². The van der Waals surface area contributed by atoms with E-state index in [2.05, 4.69) is 91.9 Å². The quantitative estimate of drug-likeness (QED) is 0.632. The Kier molecular flexibility index (Phi) is 4.87. The molecule has 0 aliphatic heterocycles. The maximum atomic E-state index is 2.30. The van der Waals surface area contributed by atoms with Crippen LogP contribution in [0.15, 0.2) is 84.9 Å². The lowest BCUT2D eigenvalue weighted by Crippen LogP contribution is -2.42. The monoisotopic (exact) mass is 302 g/mol. The fraction of sp³-hybridized carbons (Fsp3) is 0.143. The van der Waals surface area contributed by atoms with Crippen molar-refractivity contribution in [3.05, 3.63) is 96.1 Å². The molecule has 0 atom stereocenters. The Bertz CT molecular complexity index is 647. The molecule has 0 fully saturated rings. The lowest BCUT2D eigenvalue weighted by molar-refractivity contribution is 1.12. The Morgan fingerprint density at radius 1 is 0.636 bits per heavy atom. The molecule has 0 amide bonds. The van der Waals surface area contributed by atoms with Crippen molar-refractivity contribution in [2.75, 3.05) is 0 Å². The zero-order valence-corrected chi connectivity index (χ0v) is 14.2. The number of rotatable bonds is 5. The SMILES string of the molecule is Cc1ccc(CC[SiH](c2ccccc2)c2ccccc2)cc1. The second-order valence-corrected chi connectivity index (χ2v) is 8.91. The molecule has 3 rings (SSSR count). The van der Waals surface area contributed by atoms with E-state index in [0.29, 0.717) is 0 Å². The third-order valence-corrected chi connectivity index (χ3v) is 7.49. The topological polar surface area (TPSA) is 0 Å². The summed E-state index contributed by atoms with van der Waals surface area (Å²) >= 11 is 0. The number of hydrogen-bond acceptors (Lipinski definition) is 0. The van der Waals surface area contributed by atoms with Crippen molar-refractivity contribution in [1.82, 2.24) is 0 Å². The molecule has 0 bridgehead atoms. The first-order valence-corrected chi connectivity index (χ1v) is 9.95. The van der Waals surface area contributed by atoms with Gasteiger partial charge in [-0.05, 0) is 25.0 Å². The lowest BCUT2D eigenvalue weighted by Gasteiger charge is -2.16. The molecule has 0 nitrogen and oxygen atoms in total. The minimum absolute atomic E-state index is 1.13. The summed E-state index contributed by atoms with van der Waals surface area (Å²) in [5.74, 6) is 0. The fourth-order valence-electron chi connectivity index (χ4n) is 2.96. The number of aryl methyl sites for hydroxylation is 2. The molecule has 3 aromatic carbocycles. The second-order valence-electron chi connectivity index (χ2n) is 5.90. The Labute approximate surface area is 135 Å². The summed E-state index contributed by atoms with van der Waals surface area (Å²) in [6.07, 6.45) is 1.17. The van der Waals surface area contributed by atoms with Gasteiger partial charge in [0.05, 0.1) is 0 Å². The molecule has 0 spiro atoms. The van der Waals surface area contributed by atoms with Gasteiger partial charge in [0.1, 0.15) is 8.80 Å². The van der Waals surface area contributed by atoms with Gasteiger partial charge in [-0.15, -0.1) is 0 Å². The average molecular weight is 302 g/mol. The van der Waals surface area contributed by atoms with E-state index in [1.54, 1.807) is 10.4 Å². The highest BCUT2D eigenvalue weighted by molar-refractivity contribution is 6.85. The van der Waals surface area contributed by atoms with Crippen LogP contribution < -0.4 is 10.4 Å². The highest BCUT2D eigenvalue weighted by Gasteiger charge is 2.15. The molecular formula is C21H22Si. The van der Waals surface area contributed by atoms with Crippen LogP contribution in [0.25, 0.3) is 0 Å². The van der Waals surface area contributed by atoms with Crippen LogP contribution in [0.5, 0.6) is 0 Å². The molecule has 1 heteroatoms. The molecule has 0 saturated carbocycles. The third kappa shape index (κ3) is 3.74. The molecule has 22 heavy (non-hydrogen) atoms. The van der Waals surface area contributed by atoms with Crippen LogP contribution in [-0.4, -0.2) is 8.80 Å². The van der Waals surface area contributed by atoms with Gasteiger partial charge in [0.2, 0.25) is 0 Å². The van der Waals surface area contributed by atoms with E-state index in [9.17, 15) is 0 Å². The Hall–Kier alpha value is -2.12. The summed E-state index contributed by atoms with van der Waals surface area (Å²) in [6, 6.07) is 32.4. The summed E-state index contributed by atoms with van der Waals surface area (Å²) in [5, 5.41) is 3.08. The highest BCUT2D eigenvalue weighted by atomic mass is 28.3. The van der Waals surface area contributed by atoms with Crippen LogP contribution in [0.1, 0.15) is 11.1 Å². The smallest absolute Gasteiger partial charge is 0.0629 e. The third-order valence-electron chi connectivity index (χ3n) is 4.25. The zero-order valence-electron chi connectivity index (χ0n) is 13.1. The maximum absolute atomic E-state index is 2.30. The molecule has 0 saturated heterocycles. The summed E-state index contributed by atoms with van der Waals surface area (Å²) in [7, 11) is -1.13. The van der Waals surface area contributed by atoms with Gasteiger partial charge in [-0.1, -0.05) is 101 Å². The van der Waals surface area contributed by atoms with Gasteiger partial charge in [-0.2, -0.15) is 0 Å². The van der Waals surface area contributed by atoms with Crippen LogP contribution in [-0.2, 0) is 6.42 Å². The van der Waals surface area contributed by atoms with E-state index in [1.165, 1.54) is 23.6 Å². The van der Waals surface area contributed by atoms with Gasteiger partial charge in [0.15, 0.2) is 0 Å². The van der Waals surface area contributed by atoms with Crippen LogP contribution >= 0.6 is 0 Å². The van der Waals surface area contributed by atoms with E-state index in [-0.39, 0.29) is 0 Å². The van der Waals surface area contributed by atoms with Crippen LogP contribution in [0.4, 0.5) is 0 Å². The normalized spacial score (nSPS) is 10.8. The summed E-state index contributed by atoms with van der Waals surface area (Å²) < 4.78 is 0. The molecule has 0 aliphatic rings. The van der Waals surface area contributed by atoms with E-state index in [4.69, 9.17) is 0 Å². The fourth-order valence-corrected chi connectivity index (χ4v) is 6.01. The largest absolute Gasteiger partial charge is 0.103 e. The van der Waals surface area contributed by atoms with Gasteiger partial charge < -0.3 is 0 Å². The van der Waals surface area contributed by atoms with Gasteiger partial charge in [0.25, 0.3) is 0 Å². The van der Waals surface area contributed by atoms with Crippen molar-refractivity contribution in [2.24, 2.45) is 0 Å². The van der Waals surface area contributed by atoms with Crippen molar-refractivity contribution < 1.29 is 0 Å². The average Bonchev–Trinajstić information content (AvgIpc) is 2.59. The number of hydrogen-bond donors (Lipinski definition) is 0. The van der Waals surface area contributed by atoms with E-state index in [1.807, 2.05) is 0 Å². The molecular weight excluding hydrogens is 280 g/mol. The summed E-state index contributed by atoms with van der Waals surface area (Å²) in [5.41, 5.74) is 2.79. The zero-order chi connectivity index (χ0) is 15.2. The first-order chi connectivity index (χ1) is 10.8. The molecule has 0 radical (unpaired) electrons. The Morgan fingerprint density at radius 2 is 1.14 bits per heavy atom. The van der Waals surface area contributed by atoms with E-state index in [0.717, 1.165) is 0 Å². The molecule has 110 valence electrons. The van der Waals surface area contributed by atoms with Crippen molar-refractivity contribution in [3.8, 4) is 0 Å². The van der Waals surface area contributed by atoms with Gasteiger partial charge in [-0.3, -0.25) is 0 Å². The predicted octanol–water partition coefficient (Wildman–Crippen LogP) is 3.58. The highest BCUT2D eigenvalue weighted by Crippen LogP contribution is 2.08. The van der Waals surface area contributed by atoms with Crippen LogP contribution in [0.2, 0.25) is 6.04 Å². The molecule has 0 aromatic heterocycles. The maximum Gasteiger partial charge on any atom is 0.103 e. The molecule has 0 heterocycles. The number of benzene rings is 3. The Balaban J connectivity index is 1.81. The van der Waals surface area contributed by atoms with Crippen molar-refractivity contribution in [3.63, 3.8) is 0 Å². The first kappa shape index (κ1) is 14.8. The molecule has 0 aliphatic carbocycles. The van der Waals surface area contributed by atoms with Gasteiger partial charge >= 0.3 is 0 Å². The van der Waals surface area contributed by atoms with Crippen molar-refractivity contribution in [1.29, 1.82) is 0 Å². The Morgan fingerprint density at radius 3 is 1.64 bits per heavy atom. The minimum Gasteiger partial charge on any atom is -0.0629 e. The summed E-state index contributed by atoms with van der Waals surface area (Å²) in [6.45, 7) is 2.15. The molecule has 0 N–H and O–H groups in total. The van der Waals surface area contributed by atoms with Crippen molar-refractivity contribution >= 4 is 19.2 Å².